The van der Waals surface area contributed by atoms with Crippen LogP contribution in [-0.4, -0.2) is 7.11 Å². The summed E-state index contributed by atoms with van der Waals surface area (Å²) >= 11 is 3.60. The molecule has 2 rings (SSSR count). The highest BCUT2D eigenvalue weighted by atomic mass is 79.9. The SMILES string of the molecule is COc1ccc(Br)c(CC(NN)c2cccc(C)c2C)c1. The third-order valence-electron chi connectivity index (χ3n) is 3.90. The Labute approximate surface area is 134 Å². The Hall–Kier alpha value is -1.36. The number of hydrazine groups is 1. The molecular formula is C17H21BrN2O. The first-order chi connectivity index (χ1) is 10.1. The van der Waals surface area contributed by atoms with Gasteiger partial charge in [0.15, 0.2) is 0 Å². The molecule has 0 bridgehead atoms. The fourth-order valence-corrected chi connectivity index (χ4v) is 2.87. The zero-order valence-electron chi connectivity index (χ0n) is 12.6. The predicted octanol–water partition coefficient (Wildman–Crippen LogP) is 3.82. The molecule has 3 nitrogen and oxygen atoms in total. The molecule has 21 heavy (non-hydrogen) atoms. The van der Waals surface area contributed by atoms with Crippen molar-refractivity contribution in [3.63, 3.8) is 0 Å². The molecule has 0 aliphatic carbocycles. The second-order valence-corrected chi connectivity index (χ2v) is 6.02. The molecule has 0 saturated carbocycles. The van der Waals surface area contributed by atoms with E-state index in [1.807, 2.05) is 18.2 Å². The minimum Gasteiger partial charge on any atom is -0.497 e. The molecule has 0 radical (unpaired) electrons. The van der Waals surface area contributed by atoms with Crippen molar-refractivity contribution in [3.05, 3.63) is 63.1 Å². The molecule has 0 saturated heterocycles. The number of hydrogen-bond donors (Lipinski definition) is 2. The first-order valence-corrected chi connectivity index (χ1v) is 7.70. The number of hydrogen-bond acceptors (Lipinski definition) is 3. The molecule has 0 heterocycles. The molecule has 1 atom stereocenters. The maximum atomic E-state index is 5.80. The first kappa shape index (κ1) is 16.0. The average molecular weight is 349 g/mol. The van der Waals surface area contributed by atoms with Crippen molar-refractivity contribution in [1.29, 1.82) is 0 Å². The van der Waals surface area contributed by atoms with Gasteiger partial charge in [0.1, 0.15) is 5.75 Å². The summed E-state index contributed by atoms with van der Waals surface area (Å²) in [4.78, 5) is 0. The molecule has 2 aromatic rings. The van der Waals surface area contributed by atoms with Crippen LogP contribution in [0.4, 0.5) is 0 Å². The lowest BCUT2D eigenvalue weighted by Crippen LogP contribution is -2.30. The lowest BCUT2D eigenvalue weighted by Gasteiger charge is -2.20. The normalized spacial score (nSPS) is 12.2. The van der Waals surface area contributed by atoms with Crippen LogP contribution in [0.3, 0.4) is 0 Å². The van der Waals surface area contributed by atoms with Crippen LogP contribution in [-0.2, 0) is 6.42 Å². The third kappa shape index (κ3) is 3.64. The number of halogens is 1. The van der Waals surface area contributed by atoms with Crippen LogP contribution in [0.25, 0.3) is 0 Å². The zero-order valence-corrected chi connectivity index (χ0v) is 14.2. The van der Waals surface area contributed by atoms with Crippen molar-refractivity contribution in [2.24, 2.45) is 5.84 Å². The summed E-state index contributed by atoms with van der Waals surface area (Å²) in [6.07, 6.45) is 0.790. The Morgan fingerprint density at radius 3 is 2.67 bits per heavy atom. The molecule has 0 aliphatic rings. The smallest absolute Gasteiger partial charge is 0.119 e. The summed E-state index contributed by atoms with van der Waals surface area (Å²) in [6.45, 7) is 4.25. The highest BCUT2D eigenvalue weighted by molar-refractivity contribution is 9.10. The fourth-order valence-electron chi connectivity index (χ4n) is 2.46. The van der Waals surface area contributed by atoms with Gasteiger partial charge in [0.25, 0.3) is 0 Å². The summed E-state index contributed by atoms with van der Waals surface area (Å²) in [7, 11) is 1.68. The Morgan fingerprint density at radius 2 is 2.00 bits per heavy atom. The second kappa shape index (κ2) is 7.07. The van der Waals surface area contributed by atoms with E-state index in [0.29, 0.717) is 0 Å². The molecule has 2 aromatic carbocycles. The van der Waals surface area contributed by atoms with Crippen molar-refractivity contribution < 1.29 is 4.74 Å². The number of aryl methyl sites for hydroxylation is 1. The maximum Gasteiger partial charge on any atom is 0.119 e. The standard InChI is InChI=1S/C17H21BrN2O/c1-11-5-4-6-15(12(11)2)17(20-19)10-13-9-14(21-3)7-8-16(13)18/h4-9,17,20H,10,19H2,1-3H3. The summed E-state index contributed by atoms with van der Waals surface area (Å²) in [5.41, 5.74) is 7.88. The summed E-state index contributed by atoms with van der Waals surface area (Å²) in [5, 5.41) is 0. The van der Waals surface area contributed by atoms with E-state index >= 15 is 0 Å². The van der Waals surface area contributed by atoms with Crippen molar-refractivity contribution in [2.75, 3.05) is 7.11 Å². The van der Waals surface area contributed by atoms with E-state index in [1.165, 1.54) is 22.3 Å². The van der Waals surface area contributed by atoms with Crippen LogP contribution in [0, 0.1) is 13.8 Å². The van der Waals surface area contributed by atoms with Gasteiger partial charge in [-0.3, -0.25) is 11.3 Å². The molecule has 0 spiro atoms. The highest BCUT2D eigenvalue weighted by Crippen LogP contribution is 2.29. The summed E-state index contributed by atoms with van der Waals surface area (Å²) in [6, 6.07) is 12.4. The van der Waals surface area contributed by atoms with Gasteiger partial charge in [-0.2, -0.15) is 0 Å². The van der Waals surface area contributed by atoms with Crippen LogP contribution >= 0.6 is 15.9 Å². The fraction of sp³-hybridized carbons (Fsp3) is 0.294. The van der Waals surface area contributed by atoms with Crippen LogP contribution in [0.1, 0.15) is 28.3 Å². The average Bonchev–Trinajstić information content (AvgIpc) is 2.49. The topological polar surface area (TPSA) is 47.3 Å². The lowest BCUT2D eigenvalue weighted by molar-refractivity contribution is 0.413. The van der Waals surface area contributed by atoms with Gasteiger partial charge in [-0.1, -0.05) is 34.1 Å². The van der Waals surface area contributed by atoms with Crippen molar-refractivity contribution >= 4 is 15.9 Å². The summed E-state index contributed by atoms with van der Waals surface area (Å²) in [5.74, 6) is 6.65. The maximum absolute atomic E-state index is 5.80. The van der Waals surface area contributed by atoms with Gasteiger partial charge in [0.2, 0.25) is 0 Å². The molecule has 0 aromatic heterocycles. The van der Waals surface area contributed by atoms with Crippen LogP contribution in [0.15, 0.2) is 40.9 Å². The number of ether oxygens (including phenoxy) is 1. The van der Waals surface area contributed by atoms with E-state index in [9.17, 15) is 0 Å². The predicted molar refractivity (Wildman–Crippen MR) is 90.4 cm³/mol. The Kier molecular flexibility index (Phi) is 5.39. The molecule has 112 valence electrons. The highest BCUT2D eigenvalue weighted by Gasteiger charge is 2.15. The monoisotopic (exact) mass is 348 g/mol. The Morgan fingerprint density at radius 1 is 1.24 bits per heavy atom. The zero-order chi connectivity index (χ0) is 15.4. The Bertz CT molecular complexity index is 628. The lowest BCUT2D eigenvalue weighted by atomic mass is 9.93. The van der Waals surface area contributed by atoms with Crippen LogP contribution < -0.4 is 16.0 Å². The summed E-state index contributed by atoms with van der Waals surface area (Å²) < 4.78 is 6.36. The first-order valence-electron chi connectivity index (χ1n) is 6.91. The van der Waals surface area contributed by atoms with Gasteiger partial charge in [-0.15, -0.1) is 0 Å². The Balaban J connectivity index is 2.33. The van der Waals surface area contributed by atoms with Gasteiger partial charge in [-0.25, -0.2) is 0 Å². The number of methoxy groups -OCH3 is 1. The van der Waals surface area contributed by atoms with E-state index in [4.69, 9.17) is 10.6 Å². The second-order valence-electron chi connectivity index (χ2n) is 5.17. The number of rotatable bonds is 5. The molecule has 1 unspecified atom stereocenters. The van der Waals surface area contributed by atoms with Crippen molar-refractivity contribution in [1.82, 2.24) is 5.43 Å². The third-order valence-corrected chi connectivity index (χ3v) is 4.67. The van der Waals surface area contributed by atoms with Crippen molar-refractivity contribution in [3.8, 4) is 5.75 Å². The van der Waals surface area contributed by atoms with E-state index in [0.717, 1.165) is 16.6 Å². The van der Waals surface area contributed by atoms with E-state index < -0.39 is 0 Å². The van der Waals surface area contributed by atoms with E-state index in [2.05, 4.69) is 53.4 Å². The molecule has 0 fully saturated rings. The van der Waals surface area contributed by atoms with Crippen LogP contribution in [0.2, 0.25) is 0 Å². The quantitative estimate of drug-likeness (QED) is 0.637. The van der Waals surface area contributed by atoms with Gasteiger partial charge in [-0.05, 0) is 60.7 Å². The minimum atomic E-state index is 0.0632. The molecular weight excluding hydrogens is 328 g/mol. The van der Waals surface area contributed by atoms with Crippen LogP contribution in [0.5, 0.6) is 5.75 Å². The molecule has 0 aliphatic heterocycles. The number of benzene rings is 2. The molecule has 4 heteroatoms. The van der Waals surface area contributed by atoms with Gasteiger partial charge >= 0.3 is 0 Å². The van der Waals surface area contributed by atoms with E-state index in [1.54, 1.807) is 7.11 Å². The van der Waals surface area contributed by atoms with Crippen molar-refractivity contribution in [2.45, 2.75) is 26.3 Å². The van der Waals surface area contributed by atoms with E-state index in [-0.39, 0.29) is 6.04 Å². The molecule has 3 N–H and O–H groups in total. The minimum absolute atomic E-state index is 0.0632. The molecule has 0 amide bonds. The number of nitrogens with one attached hydrogen (secondary N) is 1. The van der Waals surface area contributed by atoms with Gasteiger partial charge in [0, 0.05) is 4.47 Å². The number of nitrogens with two attached hydrogens (primary N) is 1. The largest absolute Gasteiger partial charge is 0.497 e. The van der Waals surface area contributed by atoms with Gasteiger partial charge < -0.3 is 4.74 Å². The van der Waals surface area contributed by atoms with Gasteiger partial charge in [0.05, 0.1) is 13.2 Å².